The summed E-state index contributed by atoms with van der Waals surface area (Å²) in [5.74, 6) is 0. The molecule has 0 unspecified atom stereocenters. The Morgan fingerprint density at radius 2 is 1.79 bits per heavy atom. The van der Waals surface area contributed by atoms with E-state index >= 15 is 0 Å². The summed E-state index contributed by atoms with van der Waals surface area (Å²) < 4.78 is 37.9. The molecule has 0 N–H and O–H groups in total. The monoisotopic (exact) mass is 262 g/mol. The normalized spacial score (nSPS) is 11.1. The van der Waals surface area contributed by atoms with E-state index in [0.717, 1.165) is 17.7 Å². The van der Waals surface area contributed by atoms with Crippen LogP contribution >= 0.6 is 0 Å². The fourth-order valence-electron chi connectivity index (χ4n) is 1.81. The van der Waals surface area contributed by atoms with Crippen LogP contribution in [0.1, 0.15) is 11.1 Å². The predicted molar refractivity (Wildman–Crippen MR) is 64.0 cm³/mol. The largest absolute Gasteiger partial charge is 0.416 e. The molecule has 2 rings (SSSR count). The molecule has 96 valence electrons. The highest BCUT2D eigenvalue weighted by Gasteiger charge is 2.30. The van der Waals surface area contributed by atoms with Gasteiger partial charge in [0.2, 0.25) is 0 Å². The predicted octanol–water partition coefficient (Wildman–Crippen LogP) is 3.83. The molecule has 1 aromatic heterocycles. The average Bonchev–Trinajstić information content (AvgIpc) is 2.39. The van der Waals surface area contributed by atoms with E-state index in [0.29, 0.717) is 11.1 Å². The fourth-order valence-corrected chi connectivity index (χ4v) is 1.81. The van der Waals surface area contributed by atoms with Gasteiger partial charge in [-0.2, -0.15) is 18.4 Å². The first kappa shape index (κ1) is 13.1. The van der Waals surface area contributed by atoms with Gasteiger partial charge in [-0.3, -0.25) is 4.98 Å². The fraction of sp³-hybridized carbons (Fsp3) is 0.143. The zero-order chi connectivity index (χ0) is 13.9. The van der Waals surface area contributed by atoms with Crippen LogP contribution in [0.15, 0.2) is 42.7 Å². The lowest BCUT2D eigenvalue weighted by Gasteiger charge is -2.12. The minimum Gasteiger partial charge on any atom is -0.265 e. The first-order chi connectivity index (χ1) is 9.02. The molecule has 2 nitrogen and oxygen atoms in total. The Kier molecular flexibility index (Phi) is 3.52. The summed E-state index contributed by atoms with van der Waals surface area (Å²) in [4.78, 5) is 3.86. The second-order valence-electron chi connectivity index (χ2n) is 3.94. The molecule has 0 aliphatic rings. The van der Waals surface area contributed by atoms with Crippen LogP contribution in [0.3, 0.4) is 0 Å². The highest BCUT2D eigenvalue weighted by molar-refractivity contribution is 5.68. The van der Waals surface area contributed by atoms with Gasteiger partial charge in [0.25, 0.3) is 0 Å². The standard InChI is InChI=1S/C14H9F3N2/c15-14(16,17)12-1-2-13(11(9-12)3-6-18)10-4-7-19-8-5-10/h1-2,4-5,7-9H,3H2. The smallest absolute Gasteiger partial charge is 0.265 e. The molecule has 0 radical (unpaired) electrons. The molecular formula is C14H9F3N2. The van der Waals surface area contributed by atoms with Gasteiger partial charge in [0.05, 0.1) is 18.1 Å². The van der Waals surface area contributed by atoms with Crippen molar-refractivity contribution in [1.29, 1.82) is 5.26 Å². The van der Waals surface area contributed by atoms with Crippen LogP contribution in [0, 0.1) is 11.3 Å². The topological polar surface area (TPSA) is 36.7 Å². The third-order valence-electron chi connectivity index (χ3n) is 2.69. The van der Waals surface area contributed by atoms with E-state index < -0.39 is 11.7 Å². The van der Waals surface area contributed by atoms with Crippen LogP contribution in [0.5, 0.6) is 0 Å². The maximum absolute atomic E-state index is 12.6. The summed E-state index contributed by atoms with van der Waals surface area (Å²) in [7, 11) is 0. The Labute approximate surface area is 108 Å². The molecule has 0 amide bonds. The molecular weight excluding hydrogens is 253 g/mol. The van der Waals surface area contributed by atoms with Crippen molar-refractivity contribution >= 4 is 0 Å². The van der Waals surface area contributed by atoms with Crippen LogP contribution in [-0.4, -0.2) is 4.98 Å². The second-order valence-corrected chi connectivity index (χ2v) is 3.94. The highest BCUT2D eigenvalue weighted by Crippen LogP contribution is 2.33. The van der Waals surface area contributed by atoms with Gasteiger partial charge in [0.15, 0.2) is 0 Å². The number of benzene rings is 1. The van der Waals surface area contributed by atoms with Crippen LogP contribution in [-0.2, 0) is 12.6 Å². The van der Waals surface area contributed by atoms with Crippen LogP contribution in [0.4, 0.5) is 13.2 Å². The number of rotatable bonds is 2. The molecule has 0 fully saturated rings. The summed E-state index contributed by atoms with van der Waals surface area (Å²) in [5, 5.41) is 8.74. The number of nitriles is 1. The first-order valence-electron chi connectivity index (χ1n) is 5.50. The van der Waals surface area contributed by atoms with Gasteiger partial charge < -0.3 is 0 Å². The number of halogens is 3. The summed E-state index contributed by atoms with van der Waals surface area (Å²) >= 11 is 0. The van der Waals surface area contributed by atoms with Crippen molar-refractivity contribution in [3.8, 4) is 17.2 Å². The van der Waals surface area contributed by atoms with Gasteiger partial charge >= 0.3 is 6.18 Å². The van der Waals surface area contributed by atoms with Crippen molar-refractivity contribution in [2.45, 2.75) is 12.6 Å². The average molecular weight is 262 g/mol. The van der Waals surface area contributed by atoms with Gasteiger partial charge in [-0.05, 0) is 41.0 Å². The molecule has 1 heterocycles. The molecule has 0 saturated heterocycles. The Hall–Kier alpha value is -2.35. The molecule has 1 aromatic carbocycles. The zero-order valence-corrected chi connectivity index (χ0v) is 9.78. The second kappa shape index (κ2) is 5.11. The van der Waals surface area contributed by atoms with Crippen molar-refractivity contribution in [2.24, 2.45) is 0 Å². The number of hydrogen-bond donors (Lipinski definition) is 0. The number of alkyl halides is 3. The number of hydrogen-bond acceptors (Lipinski definition) is 2. The van der Waals surface area contributed by atoms with E-state index in [-0.39, 0.29) is 6.42 Å². The summed E-state index contributed by atoms with van der Waals surface area (Å²) in [6.07, 6.45) is -1.35. The maximum atomic E-state index is 12.6. The zero-order valence-electron chi connectivity index (χ0n) is 9.78. The van der Waals surface area contributed by atoms with E-state index in [9.17, 15) is 13.2 Å². The van der Waals surface area contributed by atoms with Gasteiger partial charge in [-0.25, -0.2) is 0 Å². The van der Waals surface area contributed by atoms with E-state index in [4.69, 9.17) is 5.26 Å². The third kappa shape index (κ3) is 2.91. The molecule has 19 heavy (non-hydrogen) atoms. The lowest BCUT2D eigenvalue weighted by Crippen LogP contribution is -2.06. The van der Waals surface area contributed by atoms with E-state index in [1.54, 1.807) is 24.5 Å². The van der Waals surface area contributed by atoms with E-state index in [1.807, 2.05) is 6.07 Å². The molecule has 0 bridgehead atoms. The van der Waals surface area contributed by atoms with Crippen molar-refractivity contribution in [1.82, 2.24) is 4.98 Å². The lowest BCUT2D eigenvalue weighted by atomic mass is 9.96. The van der Waals surface area contributed by atoms with Crippen LogP contribution in [0.2, 0.25) is 0 Å². The third-order valence-corrected chi connectivity index (χ3v) is 2.69. The Morgan fingerprint density at radius 1 is 1.11 bits per heavy atom. The molecule has 0 saturated carbocycles. The summed E-state index contributed by atoms with van der Waals surface area (Å²) in [6, 6.07) is 8.73. The quantitative estimate of drug-likeness (QED) is 0.824. The molecule has 0 spiro atoms. The van der Waals surface area contributed by atoms with Gasteiger partial charge in [0.1, 0.15) is 0 Å². The molecule has 2 aromatic rings. The molecule has 0 aliphatic carbocycles. The maximum Gasteiger partial charge on any atom is 0.416 e. The highest BCUT2D eigenvalue weighted by atomic mass is 19.4. The van der Waals surface area contributed by atoms with E-state index in [2.05, 4.69) is 4.98 Å². The van der Waals surface area contributed by atoms with Gasteiger partial charge in [-0.1, -0.05) is 6.07 Å². The number of aromatic nitrogens is 1. The number of pyridine rings is 1. The molecule has 5 heteroatoms. The van der Waals surface area contributed by atoms with Gasteiger partial charge in [-0.15, -0.1) is 0 Å². The SMILES string of the molecule is N#CCc1cc(C(F)(F)F)ccc1-c1ccncc1. The minimum atomic E-state index is -4.40. The Balaban J connectivity index is 2.54. The van der Waals surface area contributed by atoms with Crippen molar-refractivity contribution in [2.75, 3.05) is 0 Å². The van der Waals surface area contributed by atoms with E-state index in [1.165, 1.54) is 6.07 Å². The Morgan fingerprint density at radius 3 is 2.37 bits per heavy atom. The van der Waals surface area contributed by atoms with Gasteiger partial charge in [0, 0.05) is 12.4 Å². The van der Waals surface area contributed by atoms with Crippen molar-refractivity contribution < 1.29 is 13.2 Å². The molecule has 0 atom stereocenters. The van der Waals surface area contributed by atoms with Crippen LogP contribution < -0.4 is 0 Å². The van der Waals surface area contributed by atoms with Crippen molar-refractivity contribution in [3.63, 3.8) is 0 Å². The number of nitrogens with zero attached hydrogens (tertiary/aromatic N) is 2. The first-order valence-corrected chi connectivity index (χ1v) is 5.50. The van der Waals surface area contributed by atoms with Crippen LogP contribution in [0.25, 0.3) is 11.1 Å². The molecule has 0 aliphatic heterocycles. The Bertz CT molecular complexity index is 613. The summed E-state index contributed by atoms with van der Waals surface area (Å²) in [6.45, 7) is 0. The minimum absolute atomic E-state index is 0.0679. The van der Waals surface area contributed by atoms with Crippen molar-refractivity contribution in [3.05, 3.63) is 53.9 Å². The summed E-state index contributed by atoms with van der Waals surface area (Å²) in [5.41, 5.74) is 0.991. The lowest BCUT2D eigenvalue weighted by molar-refractivity contribution is -0.137.